The molecule has 23 heavy (non-hydrogen) atoms. The van der Waals surface area contributed by atoms with E-state index in [1.54, 1.807) is 16.4 Å². The molecule has 1 saturated carbocycles. The highest BCUT2D eigenvalue weighted by atomic mass is 32.2. The Morgan fingerprint density at radius 1 is 1.22 bits per heavy atom. The van der Waals surface area contributed by atoms with E-state index < -0.39 is 10.0 Å². The number of hydrogen-bond donors (Lipinski definition) is 0. The summed E-state index contributed by atoms with van der Waals surface area (Å²) in [5, 5.41) is 0. The van der Waals surface area contributed by atoms with Gasteiger partial charge in [-0.3, -0.25) is 0 Å². The van der Waals surface area contributed by atoms with Crippen molar-refractivity contribution in [2.24, 2.45) is 17.8 Å². The van der Waals surface area contributed by atoms with E-state index in [0.29, 0.717) is 35.7 Å². The number of nitrogens with zero attached hydrogens (tertiary/aromatic N) is 1. The average molecular weight is 331 g/mol. The summed E-state index contributed by atoms with van der Waals surface area (Å²) in [4.78, 5) is 0.405. The Morgan fingerprint density at radius 3 is 2.43 bits per heavy atom. The first-order valence-corrected chi connectivity index (χ1v) is 9.65. The predicted octanol–water partition coefficient (Wildman–Crippen LogP) is 3.77. The van der Waals surface area contributed by atoms with Crippen LogP contribution in [0.5, 0.6) is 0 Å². The molecule has 2 aliphatic rings. The molecule has 1 aliphatic carbocycles. The van der Waals surface area contributed by atoms with E-state index in [4.69, 9.17) is 0 Å². The van der Waals surface area contributed by atoms with Crippen molar-refractivity contribution in [3.63, 3.8) is 0 Å². The van der Waals surface area contributed by atoms with Gasteiger partial charge in [-0.15, -0.1) is 6.58 Å². The van der Waals surface area contributed by atoms with Crippen molar-refractivity contribution in [3.8, 4) is 0 Å². The van der Waals surface area contributed by atoms with Crippen LogP contribution in [0.2, 0.25) is 0 Å². The molecule has 1 aromatic rings. The van der Waals surface area contributed by atoms with Gasteiger partial charge in [-0.1, -0.05) is 34.9 Å². The predicted molar refractivity (Wildman–Crippen MR) is 93.6 cm³/mol. The van der Waals surface area contributed by atoms with Crippen molar-refractivity contribution in [2.45, 2.75) is 32.1 Å². The molecule has 0 unspecified atom stereocenters. The topological polar surface area (TPSA) is 37.4 Å². The van der Waals surface area contributed by atoms with Gasteiger partial charge in [-0.2, -0.15) is 4.31 Å². The summed E-state index contributed by atoms with van der Waals surface area (Å²) >= 11 is 0. The summed E-state index contributed by atoms with van der Waals surface area (Å²) in [6.07, 6.45) is 3.05. The van der Waals surface area contributed by atoms with Crippen LogP contribution in [0.15, 0.2) is 53.0 Å². The average Bonchev–Trinajstić information content (AvgIpc) is 3.04. The number of allylic oxidation sites excluding steroid dienone is 2. The minimum Gasteiger partial charge on any atom is -0.207 e. The van der Waals surface area contributed by atoms with Crippen molar-refractivity contribution < 1.29 is 8.42 Å². The van der Waals surface area contributed by atoms with E-state index >= 15 is 0 Å². The minimum atomic E-state index is -3.39. The summed E-state index contributed by atoms with van der Waals surface area (Å²) in [6, 6.07) is 7.15. The van der Waals surface area contributed by atoms with Crippen LogP contribution in [0.1, 0.15) is 25.8 Å². The molecule has 0 aromatic heterocycles. The molecular weight excluding hydrogens is 306 g/mol. The zero-order valence-electron chi connectivity index (χ0n) is 14.1. The minimum absolute atomic E-state index is 0.350. The lowest BCUT2D eigenvalue weighted by Gasteiger charge is -2.20. The molecule has 3 rings (SSSR count). The quantitative estimate of drug-likeness (QED) is 0.791. The number of rotatable bonds is 3. The normalized spacial score (nSPS) is 28.0. The molecule has 3 atom stereocenters. The Labute approximate surface area is 139 Å². The number of aryl methyl sites for hydroxylation is 1. The molecule has 1 heterocycles. The Balaban J connectivity index is 1.88. The van der Waals surface area contributed by atoms with Gasteiger partial charge >= 0.3 is 0 Å². The third kappa shape index (κ3) is 2.79. The molecule has 1 aromatic carbocycles. The van der Waals surface area contributed by atoms with Gasteiger partial charge in [0, 0.05) is 13.1 Å². The lowest BCUT2D eigenvalue weighted by atomic mass is 9.92. The van der Waals surface area contributed by atoms with Crippen LogP contribution in [-0.4, -0.2) is 25.8 Å². The molecule has 1 saturated heterocycles. The molecule has 0 bridgehead atoms. The molecule has 0 amide bonds. The van der Waals surface area contributed by atoms with Crippen LogP contribution >= 0.6 is 0 Å². The monoisotopic (exact) mass is 331 g/mol. The van der Waals surface area contributed by atoms with Crippen molar-refractivity contribution in [2.75, 3.05) is 13.1 Å². The second-order valence-corrected chi connectivity index (χ2v) is 8.97. The first-order valence-electron chi connectivity index (χ1n) is 8.21. The Hall–Kier alpha value is -1.39. The second kappa shape index (κ2) is 5.91. The third-order valence-electron chi connectivity index (χ3n) is 5.28. The molecule has 0 radical (unpaired) electrons. The maximum Gasteiger partial charge on any atom is 0.243 e. The number of sulfonamides is 1. The van der Waals surface area contributed by atoms with E-state index in [1.165, 1.54) is 11.1 Å². The zero-order chi connectivity index (χ0) is 16.8. The first kappa shape index (κ1) is 16.5. The summed E-state index contributed by atoms with van der Waals surface area (Å²) in [6.45, 7) is 11.4. The second-order valence-electron chi connectivity index (χ2n) is 7.03. The SMILES string of the molecule is C=C[C@H]1C[C@@H]2CN(S(=O)(=O)c3ccc(C)cc3)C[C@@H]2C1=C(C)C. The van der Waals surface area contributed by atoms with Gasteiger partial charge in [-0.25, -0.2) is 8.42 Å². The highest BCUT2D eigenvalue weighted by Gasteiger charge is 2.47. The fourth-order valence-corrected chi connectivity index (χ4v) is 5.69. The van der Waals surface area contributed by atoms with E-state index in [1.807, 2.05) is 25.1 Å². The maximum absolute atomic E-state index is 12.9. The number of hydrogen-bond acceptors (Lipinski definition) is 2. The highest BCUT2D eigenvalue weighted by molar-refractivity contribution is 7.89. The summed E-state index contributed by atoms with van der Waals surface area (Å²) in [7, 11) is -3.39. The van der Waals surface area contributed by atoms with Crippen molar-refractivity contribution in [3.05, 3.63) is 53.6 Å². The van der Waals surface area contributed by atoms with Crippen LogP contribution in [0.3, 0.4) is 0 Å². The molecule has 0 spiro atoms. The fourth-order valence-electron chi connectivity index (χ4n) is 4.17. The Kier molecular flexibility index (Phi) is 4.23. The van der Waals surface area contributed by atoms with Crippen molar-refractivity contribution in [1.82, 2.24) is 4.31 Å². The van der Waals surface area contributed by atoms with E-state index in [-0.39, 0.29) is 0 Å². The summed E-state index contributed by atoms with van der Waals surface area (Å²) < 4.78 is 27.5. The molecule has 2 fully saturated rings. The van der Waals surface area contributed by atoms with E-state index in [9.17, 15) is 8.42 Å². The zero-order valence-corrected chi connectivity index (χ0v) is 14.9. The van der Waals surface area contributed by atoms with Gasteiger partial charge in [0.1, 0.15) is 0 Å². The smallest absolute Gasteiger partial charge is 0.207 e. The molecule has 4 heteroatoms. The van der Waals surface area contributed by atoms with Gasteiger partial charge in [0.2, 0.25) is 10.0 Å². The van der Waals surface area contributed by atoms with E-state index in [0.717, 1.165) is 12.0 Å². The van der Waals surface area contributed by atoms with Gasteiger partial charge in [0.05, 0.1) is 4.90 Å². The van der Waals surface area contributed by atoms with Gasteiger partial charge in [0.25, 0.3) is 0 Å². The largest absolute Gasteiger partial charge is 0.243 e. The van der Waals surface area contributed by atoms with Crippen molar-refractivity contribution >= 4 is 10.0 Å². The van der Waals surface area contributed by atoms with Gasteiger partial charge in [0.15, 0.2) is 0 Å². The molecule has 3 nitrogen and oxygen atoms in total. The lowest BCUT2D eigenvalue weighted by Crippen LogP contribution is -2.30. The summed E-state index contributed by atoms with van der Waals surface area (Å²) in [5.74, 6) is 1.19. The standard InChI is InChI=1S/C19H25NO2S/c1-5-15-10-16-11-20(12-18(16)19(15)13(2)3)23(21,22)17-8-6-14(4)7-9-17/h5-9,15-16,18H,1,10-12H2,2-4H3/t15-,16+,18-/m0/s1. The highest BCUT2D eigenvalue weighted by Crippen LogP contribution is 2.48. The lowest BCUT2D eigenvalue weighted by molar-refractivity contribution is 0.441. The molecule has 1 aliphatic heterocycles. The first-order chi connectivity index (χ1) is 10.8. The molecule has 124 valence electrons. The van der Waals surface area contributed by atoms with Gasteiger partial charge in [-0.05, 0) is 57.1 Å². The Bertz CT molecular complexity index is 742. The number of fused-ring (bicyclic) bond motifs is 1. The Morgan fingerprint density at radius 2 is 1.87 bits per heavy atom. The van der Waals surface area contributed by atoms with Crippen LogP contribution in [-0.2, 0) is 10.0 Å². The third-order valence-corrected chi connectivity index (χ3v) is 7.13. The fraction of sp³-hybridized carbons (Fsp3) is 0.474. The summed E-state index contributed by atoms with van der Waals surface area (Å²) in [5.41, 5.74) is 3.80. The van der Waals surface area contributed by atoms with Crippen LogP contribution in [0.25, 0.3) is 0 Å². The van der Waals surface area contributed by atoms with Crippen LogP contribution < -0.4 is 0 Å². The molecule has 0 N–H and O–H groups in total. The van der Waals surface area contributed by atoms with E-state index in [2.05, 4.69) is 20.4 Å². The van der Waals surface area contributed by atoms with Crippen LogP contribution in [0, 0.1) is 24.7 Å². The number of benzene rings is 1. The van der Waals surface area contributed by atoms with Gasteiger partial charge < -0.3 is 0 Å². The van der Waals surface area contributed by atoms with Crippen LogP contribution in [0.4, 0.5) is 0 Å². The molecular formula is C19H25NO2S. The maximum atomic E-state index is 12.9. The van der Waals surface area contributed by atoms with Crippen molar-refractivity contribution in [1.29, 1.82) is 0 Å².